The highest BCUT2D eigenvalue weighted by molar-refractivity contribution is 5.67. The molecular weight excluding hydrogens is 192 g/mol. The van der Waals surface area contributed by atoms with Crippen LogP contribution in [0.5, 0.6) is 0 Å². The molecule has 1 aliphatic heterocycles. The van der Waals surface area contributed by atoms with E-state index in [4.69, 9.17) is 0 Å². The normalized spacial score (nSPS) is 31.8. The number of amides is 1. The summed E-state index contributed by atoms with van der Waals surface area (Å²) in [5.41, 5.74) is 0. The van der Waals surface area contributed by atoms with E-state index < -0.39 is 0 Å². The molecule has 1 saturated heterocycles. The van der Waals surface area contributed by atoms with Gasteiger partial charge in [0.25, 0.3) is 0 Å². The fourth-order valence-corrected chi connectivity index (χ4v) is 2.71. The summed E-state index contributed by atoms with van der Waals surface area (Å²) in [4.78, 5) is 11.0. The van der Waals surface area contributed by atoms with Crippen molar-refractivity contribution in [2.45, 2.75) is 31.7 Å². The Hall–Kier alpha value is -0.770. The monoisotopic (exact) mass is 212 g/mol. The Labute approximate surface area is 90.8 Å². The van der Waals surface area contributed by atoms with Gasteiger partial charge in [0.1, 0.15) is 0 Å². The quantitative estimate of drug-likeness (QED) is 0.721. The van der Waals surface area contributed by atoms with E-state index in [9.17, 15) is 4.79 Å². The van der Waals surface area contributed by atoms with Gasteiger partial charge in [0.2, 0.25) is 0 Å². The van der Waals surface area contributed by atoms with Crippen LogP contribution in [0.4, 0.5) is 4.79 Å². The third-order valence-electron chi connectivity index (χ3n) is 3.73. The minimum atomic E-state index is -0.288. The summed E-state index contributed by atoms with van der Waals surface area (Å²) in [5.74, 6) is 1.70. The van der Waals surface area contributed by atoms with Crippen LogP contribution < -0.4 is 10.6 Å². The molecule has 2 aliphatic rings. The molecule has 2 rings (SSSR count). The number of hydrogen-bond donors (Lipinski definition) is 2. The minimum Gasteiger partial charge on any atom is -0.453 e. The zero-order chi connectivity index (χ0) is 10.7. The van der Waals surface area contributed by atoms with E-state index in [1.54, 1.807) is 0 Å². The maximum atomic E-state index is 11.0. The number of methoxy groups -OCH3 is 1. The van der Waals surface area contributed by atoms with Gasteiger partial charge in [-0.3, -0.25) is 0 Å². The van der Waals surface area contributed by atoms with E-state index >= 15 is 0 Å². The van der Waals surface area contributed by atoms with Crippen LogP contribution in [-0.4, -0.2) is 32.3 Å². The van der Waals surface area contributed by atoms with Gasteiger partial charge in [-0.1, -0.05) is 0 Å². The lowest BCUT2D eigenvalue weighted by atomic mass is 9.69. The largest absolute Gasteiger partial charge is 0.453 e. The zero-order valence-corrected chi connectivity index (χ0v) is 9.29. The van der Waals surface area contributed by atoms with Gasteiger partial charge in [-0.2, -0.15) is 0 Å². The summed E-state index contributed by atoms with van der Waals surface area (Å²) >= 11 is 0. The number of carbonyl (C=O) groups is 1. The molecule has 0 aromatic heterocycles. The van der Waals surface area contributed by atoms with Gasteiger partial charge in [-0.05, 0) is 50.6 Å². The molecule has 2 fully saturated rings. The van der Waals surface area contributed by atoms with Gasteiger partial charge in [-0.25, -0.2) is 4.79 Å². The Morgan fingerprint density at radius 2 is 1.93 bits per heavy atom. The van der Waals surface area contributed by atoms with Crippen LogP contribution in [0.15, 0.2) is 0 Å². The van der Waals surface area contributed by atoms with Crippen LogP contribution in [0, 0.1) is 11.8 Å². The van der Waals surface area contributed by atoms with Crippen molar-refractivity contribution < 1.29 is 9.53 Å². The van der Waals surface area contributed by atoms with Crippen LogP contribution in [0.2, 0.25) is 0 Å². The molecule has 2 N–H and O–H groups in total. The third-order valence-corrected chi connectivity index (χ3v) is 3.73. The molecule has 0 aromatic carbocycles. The first-order chi connectivity index (χ1) is 7.29. The van der Waals surface area contributed by atoms with Gasteiger partial charge in [0.15, 0.2) is 0 Å². The minimum absolute atomic E-state index is 0.288. The SMILES string of the molecule is COC(=O)NC1CC(C2CCNCC2)C1. The third kappa shape index (κ3) is 2.62. The predicted molar refractivity (Wildman–Crippen MR) is 57.6 cm³/mol. The molecule has 1 aliphatic carbocycles. The molecule has 1 saturated carbocycles. The van der Waals surface area contributed by atoms with E-state index in [0.717, 1.165) is 37.8 Å². The van der Waals surface area contributed by atoms with Crippen molar-refractivity contribution in [2.75, 3.05) is 20.2 Å². The summed E-state index contributed by atoms with van der Waals surface area (Å²) in [7, 11) is 1.41. The van der Waals surface area contributed by atoms with Gasteiger partial charge in [0, 0.05) is 6.04 Å². The molecular formula is C11H20N2O2. The Balaban J connectivity index is 1.66. The number of ether oxygens (including phenoxy) is 1. The number of alkyl carbamates (subject to hydrolysis) is 1. The second kappa shape index (κ2) is 4.84. The highest BCUT2D eigenvalue weighted by Crippen LogP contribution is 2.37. The molecule has 1 heterocycles. The first-order valence-electron chi connectivity index (χ1n) is 5.85. The molecule has 1 amide bonds. The van der Waals surface area contributed by atoms with Crippen LogP contribution >= 0.6 is 0 Å². The lowest BCUT2D eigenvalue weighted by Crippen LogP contribution is -2.47. The lowest BCUT2D eigenvalue weighted by molar-refractivity contribution is 0.111. The van der Waals surface area contributed by atoms with E-state index in [0.29, 0.717) is 6.04 Å². The van der Waals surface area contributed by atoms with E-state index in [1.165, 1.54) is 20.0 Å². The average molecular weight is 212 g/mol. The standard InChI is InChI=1S/C11H20N2O2/c1-15-11(14)13-10-6-9(7-10)8-2-4-12-5-3-8/h8-10,12H,2-7H2,1H3,(H,13,14). The van der Waals surface area contributed by atoms with Crippen LogP contribution in [0.3, 0.4) is 0 Å². The molecule has 0 atom stereocenters. The zero-order valence-electron chi connectivity index (χ0n) is 9.29. The molecule has 15 heavy (non-hydrogen) atoms. The molecule has 0 aromatic rings. The highest BCUT2D eigenvalue weighted by atomic mass is 16.5. The highest BCUT2D eigenvalue weighted by Gasteiger charge is 2.36. The Bertz CT molecular complexity index is 221. The molecule has 0 bridgehead atoms. The topological polar surface area (TPSA) is 50.4 Å². The van der Waals surface area contributed by atoms with Crippen LogP contribution in [-0.2, 0) is 4.74 Å². The van der Waals surface area contributed by atoms with E-state index in [-0.39, 0.29) is 6.09 Å². The van der Waals surface area contributed by atoms with Crippen molar-refractivity contribution in [3.05, 3.63) is 0 Å². The van der Waals surface area contributed by atoms with E-state index in [1.807, 2.05) is 0 Å². The Morgan fingerprint density at radius 1 is 1.27 bits per heavy atom. The van der Waals surface area contributed by atoms with E-state index in [2.05, 4.69) is 15.4 Å². The molecule has 0 spiro atoms. The van der Waals surface area contributed by atoms with Crippen molar-refractivity contribution in [1.82, 2.24) is 10.6 Å². The molecule has 4 heteroatoms. The van der Waals surface area contributed by atoms with Crippen LogP contribution in [0.25, 0.3) is 0 Å². The smallest absolute Gasteiger partial charge is 0.407 e. The first-order valence-corrected chi connectivity index (χ1v) is 5.85. The number of carbonyl (C=O) groups excluding carboxylic acids is 1. The lowest BCUT2D eigenvalue weighted by Gasteiger charge is -2.42. The number of hydrogen-bond acceptors (Lipinski definition) is 3. The predicted octanol–water partition coefficient (Wildman–Crippen LogP) is 1.12. The maximum absolute atomic E-state index is 11.0. The van der Waals surface area contributed by atoms with Crippen molar-refractivity contribution >= 4 is 6.09 Å². The van der Waals surface area contributed by atoms with Crippen molar-refractivity contribution in [1.29, 1.82) is 0 Å². The second-order valence-corrected chi connectivity index (χ2v) is 4.65. The fourth-order valence-electron chi connectivity index (χ4n) is 2.71. The van der Waals surface area contributed by atoms with Gasteiger partial charge in [0.05, 0.1) is 7.11 Å². The van der Waals surface area contributed by atoms with Gasteiger partial charge >= 0.3 is 6.09 Å². The summed E-state index contributed by atoms with van der Waals surface area (Å²) in [5, 5.41) is 6.24. The first kappa shape index (κ1) is 10.7. The summed E-state index contributed by atoms with van der Waals surface area (Å²) in [6, 6.07) is 0.359. The number of rotatable bonds is 2. The summed E-state index contributed by atoms with van der Waals surface area (Å²) in [6.45, 7) is 2.33. The Morgan fingerprint density at radius 3 is 2.53 bits per heavy atom. The number of piperidine rings is 1. The molecule has 0 unspecified atom stereocenters. The molecule has 4 nitrogen and oxygen atoms in total. The molecule has 86 valence electrons. The summed E-state index contributed by atoms with van der Waals surface area (Å²) < 4.78 is 4.58. The summed E-state index contributed by atoms with van der Waals surface area (Å²) in [6.07, 6.45) is 4.59. The van der Waals surface area contributed by atoms with Gasteiger partial charge < -0.3 is 15.4 Å². The average Bonchev–Trinajstić information content (AvgIpc) is 2.23. The van der Waals surface area contributed by atoms with Crippen molar-refractivity contribution in [3.63, 3.8) is 0 Å². The van der Waals surface area contributed by atoms with Crippen LogP contribution in [0.1, 0.15) is 25.7 Å². The fraction of sp³-hybridized carbons (Fsp3) is 0.909. The second-order valence-electron chi connectivity index (χ2n) is 4.65. The molecule has 0 radical (unpaired) electrons. The van der Waals surface area contributed by atoms with Crippen molar-refractivity contribution in [3.8, 4) is 0 Å². The van der Waals surface area contributed by atoms with Gasteiger partial charge in [-0.15, -0.1) is 0 Å². The Kier molecular flexibility index (Phi) is 3.46. The number of nitrogens with one attached hydrogen (secondary N) is 2. The van der Waals surface area contributed by atoms with Crippen molar-refractivity contribution in [2.24, 2.45) is 11.8 Å². The maximum Gasteiger partial charge on any atom is 0.407 e.